The molecule has 6 heteroatoms. The first kappa shape index (κ1) is 16.4. The summed E-state index contributed by atoms with van der Waals surface area (Å²) in [6, 6.07) is 0.428. The van der Waals surface area contributed by atoms with Gasteiger partial charge in [0, 0.05) is 25.4 Å². The topological polar surface area (TPSA) is 66.5 Å². The molecule has 0 aromatic heterocycles. The zero-order valence-corrected chi connectivity index (χ0v) is 13.2. The Kier molecular flexibility index (Phi) is 5.80. The van der Waals surface area contributed by atoms with Gasteiger partial charge in [0.05, 0.1) is 0 Å². The Morgan fingerprint density at radius 3 is 2.58 bits per heavy atom. The van der Waals surface area contributed by atoms with Crippen molar-refractivity contribution < 1.29 is 13.2 Å². The fraction of sp³-hybridized carbons (Fsp3) is 0.923. The minimum absolute atomic E-state index is 0.261. The predicted molar refractivity (Wildman–Crippen MR) is 76.7 cm³/mol. The minimum atomic E-state index is -3.30. The zero-order chi connectivity index (χ0) is 14.6. The second kappa shape index (κ2) is 6.70. The number of carbonyl (C=O) groups is 1. The third kappa shape index (κ3) is 4.45. The van der Waals surface area contributed by atoms with E-state index in [1.165, 1.54) is 6.92 Å². The van der Waals surface area contributed by atoms with E-state index in [2.05, 4.69) is 19.2 Å². The van der Waals surface area contributed by atoms with Crippen molar-refractivity contribution in [2.45, 2.75) is 44.9 Å². The molecule has 0 bridgehead atoms. The van der Waals surface area contributed by atoms with Crippen LogP contribution in [0.3, 0.4) is 0 Å². The van der Waals surface area contributed by atoms with E-state index < -0.39 is 15.1 Å². The maximum atomic E-state index is 12.1. The number of hydrogen-bond acceptors (Lipinski definition) is 4. The Bertz CT molecular complexity index is 408. The van der Waals surface area contributed by atoms with Gasteiger partial charge in [-0.05, 0) is 32.2 Å². The number of sulfone groups is 1. The molecule has 1 aliphatic rings. The largest absolute Gasteiger partial charge is 0.341 e. The number of hydrogen-bond donors (Lipinski definition) is 1. The third-order valence-corrected chi connectivity index (χ3v) is 5.35. The fourth-order valence-electron chi connectivity index (χ4n) is 2.42. The van der Waals surface area contributed by atoms with E-state index >= 15 is 0 Å². The summed E-state index contributed by atoms with van der Waals surface area (Å²) in [6.45, 7) is 7.99. The van der Waals surface area contributed by atoms with Gasteiger partial charge in [-0.15, -0.1) is 0 Å². The predicted octanol–water partition coefficient (Wildman–Crippen LogP) is 0.656. The lowest BCUT2D eigenvalue weighted by molar-refractivity contribution is -0.132. The first-order valence-corrected chi connectivity index (χ1v) is 8.93. The number of nitrogens with one attached hydrogen (secondary N) is 1. The maximum absolute atomic E-state index is 12.1. The van der Waals surface area contributed by atoms with Gasteiger partial charge in [0.25, 0.3) is 0 Å². The average molecular weight is 290 g/mol. The van der Waals surface area contributed by atoms with Crippen molar-refractivity contribution in [3.8, 4) is 0 Å². The van der Waals surface area contributed by atoms with E-state index in [-0.39, 0.29) is 5.91 Å². The fourth-order valence-corrected chi connectivity index (χ4v) is 2.93. The van der Waals surface area contributed by atoms with Gasteiger partial charge in [0.2, 0.25) is 5.91 Å². The SMILES string of the molecule is CCCNC1CCN(C(=O)C(C)S(C)(=O)=O)CC1C. The lowest BCUT2D eigenvalue weighted by atomic mass is 9.93. The van der Waals surface area contributed by atoms with Crippen molar-refractivity contribution in [2.75, 3.05) is 25.9 Å². The highest BCUT2D eigenvalue weighted by molar-refractivity contribution is 7.92. The Morgan fingerprint density at radius 1 is 1.47 bits per heavy atom. The molecule has 1 N–H and O–H groups in total. The molecular weight excluding hydrogens is 264 g/mol. The molecule has 1 heterocycles. The summed E-state index contributed by atoms with van der Waals surface area (Å²) in [5.41, 5.74) is 0. The molecule has 0 aliphatic carbocycles. The average Bonchev–Trinajstić information content (AvgIpc) is 2.34. The lowest BCUT2D eigenvalue weighted by Gasteiger charge is -2.38. The van der Waals surface area contributed by atoms with Gasteiger partial charge in [-0.1, -0.05) is 13.8 Å². The van der Waals surface area contributed by atoms with E-state index in [9.17, 15) is 13.2 Å². The second-order valence-corrected chi connectivity index (χ2v) is 7.95. The molecule has 19 heavy (non-hydrogen) atoms. The number of piperidine rings is 1. The highest BCUT2D eigenvalue weighted by Crippen LogP contribution is 2.18. The van der Waals surface area contributed by atoms with Crippen LogP contribution in [0.25, 0.3) is 0 Å². The molecule has 1 aliphatic heterocycles. The number of amides is 1. The molecule has 1 amide bonds. The van der Waals surface area contributed by atoms with Crippen molar-refractivity contribution in [1.29, 1.82) is 0 Å². The molecule has 1 rings (SSSR count). The van der Waals surface area contributed by atoms with Crippen LogP contribution >= 0.6 is 0 Å². The summed E-state index contributed by atoms with van der Waals surface area (Å²) in [7, 11) is -3.30. The quantitative estimate of drug-likeness (QED) is 0.807. The van der Waals surface area contributed by atoms with Crippen LogP contribution in [0.4, 0.5) is 0 Å². The van der Waals surface area contributed by atoms with Crippen LogP contribution in [0.2, 0.25) is 0 Å². The molecule has 0 saturated carbocycles. The van der Waals surface area contributed by atoms with Gasteiger partial charge >= 0.3 is 0 Å². The van der Waals surface area contributed by atoms with Crippen molar-refractivity contribution in [1.82, 2.24) is 10.2 Å². The normalized spacial score (nSPS) is 26.2. The molecule has 3 atom stereocenters. The molecule has 0 spiro atoms. The van der Waals surface area contributed by atoms with Crippen molar-refractivity contribution in [3.63, 3.8) is 0 Å². The molecule has 1 fully saturated rings. The molecule has 0 aromatic carbocycles. The highest BCUT2D eigenvalue weighted by atomic mass is 32.2. The summed E-state index contributed by atoms with van der Waals surface area (Å²) in [5, 5.41) is 2.55. The summed E-state index contributed by atoms with van der Waals surface area (Å²) < 4.78 is 22.9. The first-order valence-electron chi connectivity index (χ1n) is 6.98. The molecule has 0 aromatic rings. The van der Waals surface area contributed by atoms with Crippen LogP contribution in [0.1, 0.15) is 33.6 Å². The minimum Gasteiger partial charge on any atom is -0.341 e. The van der Waals surface area contributed by atoms with Gasteiger partial charge in [0.15, 0.2) is 9.84 Å². The Labute approximate surface area is 116 Å². The van der Waals surface area contributed by atoms with Crippen LogP contribution in [-0.4, -0.2) is 56.4 Å². The molecular formula is C13H26N2O3S. The van der Waals surface area contributed by atoms with E-state index in [4.69, 9.17) is 0 Å². The number of carbonyl (C=O) groups excluding carboxylic acids is 1. The van der Waals surface area contributed by atoms with Crippen LogP contribution in [-0.2, 0) is 14.6 Å². The number of rotatable bonds is 5. The van der Waals surface area contributed by atoms with Gasteiger partial charge in [-0.25, -0.2) is 8.42 Å². The molecule has 0 radical (unpaired) electrons. The van der Waals surface area contributed by atoms with Crippen LogP contribution < -0.4 is 5.32 Å². The highest BCUT2D eigenvalue weighted by Gasteiger charge is 2.33. The smallest absolute Gasteiger partial charge is 0.240 e. The van der Waals surface area contributed by atoms with Crippen LogP contribution in [0, 0.1) is 5.92 Å². The Balaban J connectivity index is 2.58. The van der Waals surface area contributed by atoms with Gasteiger partial charge in [-0.3, -0.25) is 4.79 Å². The monoisotopic (exact) mass is 290 g/mol. The molecule has 112 valence electrons. The van der Waals surface area contributed by atoms with Crippen molar-refractivity contribution >= 4 is 15.7 Å². The third-order valence-electron chi connectivity index (χ3n) is 3.86. The van der Waals surface area contributed by atoms with E-state index in [0.29, 0.717) is 25.0 Å². The number of nitrogens with zero attached hydrogens (tertiary/aromatic N) is 1. The Morgan fingerprint density at radius 2 is 2.11 bits per heavy atom. The van der Waals surface area contributed by atoms with Gasteiger partial charge < -0.3 is 10.2 Å². The standard InChI is InChI=1S/C13H26N2O3S/c1-5-7-14-12-6-8-15(9-10(12)2)13(16)11(3)19(4,17)18/h10-12,14H,5-9H2,1-4H3. The van der Waals surface area contributed by atoms with Crippen molar-refractivity contribution in [2.24, 2.45) is 5.92 Å². The van der Waals surface area contributed by atoms with Gasteiger partial charge in [-0.2, -0.15) is 0 Å². The second-order valence-electron chi connectivity index (χ2n) is 5.58. The molecule has 5 nitrogen and oxygen atoms in total. The summed E-state index contributed by atoms with van der Waals surface area (Å²) in [5.74, 6) is 0.0966. The van der Waals surface area contributed by atoms with Gasteiger partial charge in [0.1, 0.15) is 5.25 Å². The molecule has 3 unspecified atom stereocenters. The van der Waals surface area contributed by atoms with Crippen molar-refractivity contribution in [3.05, 3.63) is 0 Å². The van der Waals surface area contributed by atoms with Crippen LogP contribution in [0.5, 0.6) is 0 Å². The lowest BCUT2D eigenvalue weighted by Crippen LogP contribution is -2.52. The van der Waals surface area contributed by atoms with E-state index in [0.717, 1.165) is 25.6 Å². The summed E-state index contributed by atoms with van der Waals surface area (Å²) in [4.78, 5) is 13.8. The Hall–Kier alpha value is -0.620. The summed E-state index contributed by atoms with van der Waals surface area (Å²) >= 11 is 0. The van der Waals surface area contributed by atoms with E-state index in [1.807, 2.05) is 0 Å². The maximum Gasteiger partial charge on any atom is 0.240 e. The van der Waals surface area contributed by atoms with Crippen LogP contribution in [0.15, 0.2) is 0 Å². The molecule has 1 saturated heterocycles. The first-order chi connectivity index (χ1) is 8.77. The summed E-state index contributed by atoms with van der Waals surface area (Å²) in [6.07, 6.45) is 3.11. The van der Waals surface area contributed by atoms with E-state index in [1.54, 1.807) is 4.90 Å². The number of likely N-dealkylation sites (tertiary alicyclic amines) is 1. The zero-order valence-electron chi connectivity index (χ0n) is 12.3.